The highest BCUT2D eigenvalue weighted by molar-refractivity contribution is 5.81. The fourth-order valence-corrected chi connectivity index (χ4v) is 5.13. The Kier molecular flexibility index (Phi) is 7.12. The van der Waals surface area contributed by atoms with E-state index in [1.165, 1.54) is 32.1 Å². The minimum absolute atomic E-state index is 0.0214. The van der Waals surface area contributed by atoms with Crippen LogP contribution in [0, 0.1) is 23.7 Å². The van der Waals surface area contributed by atoms with Gasteiger partial charge in [-0.2, -0.15) is 0 Å². The number of unbranched alkanes of at least 4 members (excludes halogenated alkanes) is 2. The van der Waals surface area contributed by atoms with Crippen LogP contribution in [-0.2, 0) is 14.3 Å². The normalized spacial score (nSPS) is 36.9. The maximum Gasteiger partial charge on any atom is 0.158 e. The lowest BCUT2D eigenvalue weighted by Gasteiger charge is -2.27. The highest BCUT2D eigenvalue weighted by atomic mass is 16.7. The summed E-state index contributed by atoms with van der Waals surface area (Å²) in [5.41, 5.74) is 0. The Balaban J connectivity index is 1.59. The van der Waals surface area contributed by atoms with Crippen molar-refractivity contribution in [3.63, 3.8) is 0 Å². The van der Waals surface area contributed by atoms with Gasteiger partial charge in [0.2, 0.25) is 0 Å². The van der Waals surface area contributed by atoms with Gasteiger partial charge in [0.15, 0.2) is 6.29 Å². The molecule has 1 saturated heterocycles. The molecule has 0 aromatic rings. The molecule has 6 atom stereocenters. The van der Waals surface area contributed by atoms with Crippen molar-refractivity contribution in [1.29, 1.82) is 0 Å². The van der Waals surface area contributed by atoms with Crippen LogP contribution < -0.4 is 0 Å². The first-order chi connectivity index (χ1) is 12.2. The number of hydrogen-bond acceptors (Lipinski definition) is 3. The summed E-state index contributed by atoms with van der Waals surface area (Å²) in [5, 5.41) is 0. The first-order valence-electron chi connectivity index (χ1n) is 10.6. The number of Topliss-reactive ketones (excluding diaryl/α,β-unsaturated/α-hetero) is 1. The van der Waals surface area contributed by atoms with Gasteiger partial charge < -0.3 is 9.47 Å². The Hall–Kier alpha value is -0.670. The van der Waals surface area contributed by atoms with E-state index in [0.717, 1.165) is 38.7 Å². The maximum atomic E-state index is 11.8. The topological polar surface area (TPSA) is 35.5 Å². The van der Waals surface area contributed by atoms with Crippen molar-refractivity contribution in [3.05, 3.63) is 12.2 Å². The number of ether oxygens (including phenoxy) is 2. The minimum atomic E-state index is -0.0214. The van der Waals surface area contributed by atoms with Crippen LogP contribution in [0.25, 0.3) is 0 Å². The fraction of sp³-hybridized carbons (Fsp3) is 0.864. The maximum absolute atomic E-state index is 11.8. The van der Waals surface area contributed by atoms with E-state index < -0.39 is 0 Å². The molecule has 2 saturated carbocycles. The van der Waals surface area contributed by atoms with Crippen molar-refractivity contribution in [1.82, 2.24) is 0 Å². The molecule has 0 N–H and O–H groups in total. The molecule has 3 rings (SSSR count). The van der Waals surface area contributed by atoms with Crippen molar-refractivity contribution in [2.75, 3.05) is 6.61 Å². The van der Waals surface area contributed by atoms with Gasteiger partial charge in [0.05, 0.1) is 6.10 Å². The zero-order valence-corrected chi connectivity index (χ0v) is 16.1. The minimum Gasteiger partial charge on any atom is -0.353 e. The third-order valence-corrected chi connectivity index (χ3v) is 6.49. The van der Waals surface area contributed by atoms with Gasteiger partial charge in [0.25, 0.3) is 0 Å². The standard InChI is InChI=1S/C22H36O3/c1-3-4-5-8-19(25-22-9-6-7-12-24-22)10-11-20-16(2)13-17-14-18(23)15-21(17)20/h10-11,16-17,19-22H,3-9,12-15H2,1-2H3/b11-10+/t16-,17-,19+,20+,21+,22?/m1/s1. The number of rotatable bonds is 8. The summed E-state index contributed by atoms with van der Waals surface area (Å²) in [4.78, 5) is 11.8. The number of carbonyl (C=O) groups excluding carboxylic acids is 1. The average Bonchev–Trinajstić information content (AvgIpc) is 3.08. The first-order valence-corrected chi connectivity index (χ1v) is 10.6. The SMILES string of the molecule is CCCCC[C@@H](/C=C/[C@@H]1[C@H]2CC(=O)C[C@H]2C[C@H]1C)OC1CCCCO1. The Bertz CT molecular complexity index is 452. The van der Waals surface area contributed by atoms with Crippen LogP contribution >= 0.6 is 0 Å². The van der Waals surface area contributed by atoms with Crippen molar-refractivity contribution in [3.8, 4) is 0 Å². The Labute approximate surface area is 153 Å². The van der Waals surface area contributed by atoms with E-state index in [9.17, 15) is 4.79 Å². The summed E-state index contributed by atoms with van der Waals surface area (Å²) in [6, 6.07) is 0. The number of allylic oxidation sites excluding steroid dienone is 1. The van der Waals surface area contributed by atoms with Gasteiger partial charge in [0.1, 0.15) is 5.78 Å². The molecule has 3 fully saturated rings. The highest BCUT2D eigenvalue weighted by Gasteiger charge is 2.45. The van der Waals surface area contributed by atoms with Crippen LogP contribution in [0.4, 0.5) is 0 Å². The largest absolute Gasteiger partial charge is 0.353 e. The molecule has 0 spiro atoms. The van der Waals surface area contributed by atoms with Crippen LogP contribution in [0.15, 0.2) is 12.2 Å². The highest BCUT2D eigenvalue weighted by Crippen LogP contribution is 2.49. The Morgan fingerprint density at radius 2 is 2.16 bits per heavy atom. The molecule has 1 unspecified atom stereocenters. The second kappa shape index (κ2) is 9.32. The third-order valence-electron chi connectivity index (χ3n) is 6.49. The molecule has 0 radical (unpaired) electrons. The predicted molar refractivity (Wildman–Crippen MR) is 100 cm³/mol. The molecule has 0 amide bonds. The molecule has 3 nitrogen and oxygen atoms in total. The molecule has 3 aliphatic rings. The van der Waals surface area contributed by atoms with Crippen molar-refractivity contribution < 1.29 is 14.3 Å². The molecular formula is C22H36O3. The van der Waals surface area contributed by atoms with E-state index >= 15 is 0 Å². The molecule has 0 aromatic heterocycles. The van der Waals surface area contributed by atoms with Gasteiger partial charge in [-0.25, -0.2) is 0 Å². The zero-order valence-electron chi connectivity index (χ0n) is 16.1. The van der Waals surface area contributed by atoms with E-state index in [1.807, 2.05) is 0 Å². The smallest absolute Gasteiger partial charge is 0.158 e. The van der Waals surface area contributed by atoms with Gasteiger partial charge in [-0.15, -0.1) is 0 Å². The van der Waals surface area contributed by atoms with E-state index in [4.69, 9.17) is 9.47 Å². The summed E-state index contributed by atoms with van der Waals surface area (Å²) < 4.78 is 12.1. The predicted octanol–water partition coefficient (Wildman–Crippen LogP) is 5.29. The second-order valence-electron chi connectivity index (χ2n) is 8.51. The molecule has 25 heavy (non-hydrogen) atoms. The summed E-state index contributed by atoms with van der Waals surface area (Å²) in [7, 11) is 0. The molecule has 3 heteroatoms. The number of hydrogen-bond donors (Lipinski definition) is 0. The van der Waals surface area contributed by atoms with E-state index in [0.29, 0.717) is 29.5 Å². The van der Waals surface area contributed by atoms with Crippen molar-refractivity contribution >= 4 is 5.78 Å². The molecule has 1 aliphatic heterocycles. The third kappa shape index (κ3) is 5.17. The van der Waals surface area contributed by atoms with Crippen molar-refractivity contribution in [2.24, 2.45) is 23.7 Å². The van der Waals surface area contributed by atoms with Gasteiger partial charge in [-0.3, -0.25) is 4.79 Å². The van der Waals surface area contributed by atoms with Crippen LogP contribution in [0.1, 0.15) is 78.1 Å². The van der Waals surface area contributed by atoms with Gasteiger partial charge >= 0.3 is 0 Å². The molecule has 0 aromatic carbocycles. The number of fused-ring (bicyclic) bond motifs is 1. The summed E-state index contributed by atoms with van der Waals surface area (Å²) in [6.07, 6.45) is 15.9. The summed E-state index contributed by atoms with van der Waals surface area (Å²) >= 11 is 0. The lowest BCUT2D eigenvalue weighted by atomic mass is 9.87. The van der Waals surface area contributed by atoms with Crippen LogP contribution in [-0.4, -0.2) is 24.8 Å². The van der Waals surface area contributed by atoms with Gasteiger partial charge in [-0.05, 0) is 55.8 Å². The van der Waals surface area contributed by atoms with Gasteiger partial charge in [-0.1, -0.05) is 45.3 Å². The van der Waals surface area contributed by atoms with Gasteiger partial charge in [0, 0.05) is 19.4 Å². The monoisotopic (exact) mass is 348 g/mol. The molecule has 0 bridgehead atoms. The second-order valence-corrected chi connectivity index (χ2v) is 8.51. The molecule has 1 heterocycles. The first kappa shape index (κ1) is 19.1. The Morgan fingerprint density at radius 1 is 1.28 bits per heavy atom. The van der Waals surface area contributed by atoms with E-state index in [1.54, 1.807) is 0 Å². The molecule has 142 valence electrons. The summed E-state index contributed by atoms with van der Waals surface area (Å²) in [6.45, 7) is 5.43. The molecular weight excluding hydrogens is 312 g/mol. The van der Waals surface area contributed by atoms with Crippen LogP contribution in [0.3, 0.4) is 0 Å². The number of ketones is 1. The van der Waals surface area contributed by atoms with E-state index in [2.05, 4.69) is 26.0 Å². The fourth-order valence-electron chi connectivity index (χ4n) is 5.13. The zero-order chi connectivity index (χ0) is 17.6. The van der Waals surface area contributed by atoms with Crippen molar-refractivity contribution in [2.45, 2.75) is 90.4 Å². The average molecular weight is 349 g/mol. The van der Waals surface area contributed by atoms with Crippen LogP contribution in [0.2, 0.25) is 0 Å². The van der Waals surface area contributed by atoms with Crippen LogP contribution in [0.5, 0.6) is 0 Å². The molecule has 2 aliphatic carbocycles. The Morgan fingerprint density at radius 3 is 2.92 bits per heavy atom. The quantitative estimate of drug-likeness (QED) is 0.442. The number of carbonyl (C=O) groups is 1. The lowest BCUT2D eigenvalue weighted by Crippen LogP contribution is -2.27. The van der Waals surface area contributed by atoms with E-state index in [-0.39, 0.29) is 12.4 Å². The lowest BCUT2D eigenvalue weighted by molar-refractivity contribution is -0.179. The summed E-state index contributed by atoms with van der Waals surface area (Å²) in [5.74, 6) is 2.95.